The summed E-state index contributed by atoms with van der Waals surface area (Å²) in [5.74, 6) is -1.78. The molecule has 0 spiro atoms. The maximum Gasteiger partial charge on any atom is 0.284 e. The van der Waals surface area contributed by atoms with Crippen LogP contribution >= 0.6 is 15.9 Å². The van der Waals surface area contributed by atoms with Crippen molar-refractivity contribution in [1.82, 2.24) is 0 Å². The lowest BCUT2D eigenvalue weighted by Gasteiger charge is -2.11. The Labute approximate surface area is 132 Å². The molecule has 0 aromatic heterocycles. The molecule has 0 aliphatic carbocycles. The fourth-order valence-corrected chi connectivity index (χ4v) is 2.35. The molecule has 22 heavy (non-hydrogen) atoms. The normalized spacial score (nSPS) is 10.3. The summed E-state index contributed by atoms with van der Waals surface area (Å²) in [6, 6.07) is 8.20. The van der Waals surface area contributed by atoms with E-state index in [1.54, 1.807) is 0 Å². The Balaban J connectivity index is 2.35. The molecule has 114 valence electrons. The van der Waals surface area contributed by atoms with Crippen molar-refractivity contribution in [3.8, 4) is 0 Å². The second kappa shape index (κ2) is 6.61. The van der Waals surface area contributed by atoms with Crippen molar-refractivity contribution >= 4 is 33.3 Å². The number of anilines is 1. The van der Waals surface area contributed by atoms with Gasteiger partial charge in [-0.05, 0) is 23.8 Å². The Hall–Kier alpha value is -2.35. The van der Waals surface area contributed by atoms with Crippen molar-refractivity contribution in [2.45, 2.75) is 6.54 Å². The van der Waals surface area contributed by atoms with Gasteiger partial charge >= 0.3 is 0 Å². The van der Waals surface area contributed by atoms with E-state index < -0.39 is 22.1 Å². The monoisotopic (exact) mass is 369 g/mol. The molecule has 2 aromatic rings. The lowest BCUT2D eigenvalue weighted by Crippen LogP contribution is -2.07. The summed E-state index contributed by atoms with van der Waals surface area (Å²) >= 11 is 3.11. The highest BCUT2D eigenvalue weighted by Gasteiger charge is 2.23. The lowest BCUT2D eigenvalue weighted by atomic mass is 10.1. The second-order valence-corrected chi connectivity index (χ2v) is 5.31. The number of hydrogen-bond donors (Lipinski definition) is 2. The van der Waals surface area contributed by atoms with Crippen LogP contribution in [0, 0.1) is 21.3 Å². The van der Waals surface area contributed by atoms with Gasteiger partial charge in [-0.15, -0.1) is 0 Å². The number of halogens is 3. The van der Waals surface area contributed by atoms with E-state index in [4.69, 9.17) is 5.41 Å². The van der Waals surface area contributed by atoms with Gasteiger partial charge in [-0.25, -0.2) is 4.39 Å². The highest BCUT2D eigenvalue weighted by molar-refractivity contribution is 9.10. The maximum atomic E-state index is 13.4. The number of benzene rings is 2. The first-order valence-corrected chi connectivity index (χ1v) is 6.88. The van der Waals surface area contributed by atoms with Gasteiger partial charge < -0.3 is 5.32 Å². The standard InChI is InChI=1S/C14H10BrF2N3O2/c15-9-5-11(13(14(17)18)12(6-9)20(21)22)19-7-8-1-3-10(16)4-2-8/h1-6,18-19H,7H2. The van der Waals surface area contributed by atoms with Crippen LogP contribution in [0.25, 0.3) is 0 Å². The number of rotatable bonds is 5. The Bertz CT molecular complexity index is 736. The maximum absolute atomic E-state index is 13.4. The van der Waals surface area contributed by atoms with Crippen molar-refractivity contribution in [2.75, 3.05) is 5.32 Å². The number of nitrogens with one attached hydrogen (secondary N) is 2. The van der Waals surface area contributed by atoms with E-state index >= 15 is 0 Å². The number of hydrogen-bond acceptors (Lipinski definition) is 4. The molecule has 0 saturated heterocycles. The topological polar surface area (TPSA) is 79.0 Å². The van der Waals surface area contributed by atoms with Crippen LogP contribution in [0.5, 0.6) is 0 Å². The zero-order valence-electron chi connectivity index (χ0n) is 11.1. The summed E-state index contributed by atoms with van der Waals surface area (Å²) in [6.45, 7) is 0.203. The molecule has 0 unspecified atom stereocenters. The molecule has 2 aromatic carbocycles. The van der Waals surface area contributed by atoms with Gasteiger partial charge in [0.25, 0.3) is 5.69 Å². The minimum absolute atomic E-state index is 0.109. The van der Waals surface area contributed by atoms with Crippen molar-refractivity contribution in [3.05, 3.63) is 67.9 Å². The van der Waals surface area contributed by atoms with E-state index in [9.17, 15) is 18.9 Å². The molecule has 2 N–H and O–H groups in total. The second-order valence-electron chi connectivity index (χ2n) is 4.40. The molecule has 2 rings (SSSR count). The molecule has 0 radical (unpaired) electrons. The Kier molecular flexibility index (Phi) is 4.81. The predicted molar refractivity (Wildman–Crippen MR) is 82.5 cm³/mol. The molecule has 0 atom stereocenters. The van der Waals surface area contributed by atoms with E-state index in [1.165, 1.54) is 30.3 Å². The fourth-order valence-electron chi connectivity index (χ4n) is 1.91. The van der Waals surface area contributed by atoms with Gasteiger partial charge in [-0.3, -0.25) is 15.5 Å². The van der Waals surface area contributed by atoms with Gasteiger partial charge in [0.15, 0.2) is 0 Å². The van der Waals surface area contributed by atoms with Gasteiger partial charge in [0.2, 0.25) is 5.97 Å². The first-order chi connectivity index (χ1) is 10.4. The minimum Gasteiger partial charge on any atom is -0.380 e. The smallest absolute Gasteiger partial charge is 0.284 e. The van der Waals surface area contributed by atoms with E-state index in [-0.39, 0.29) is 18.0 Å². The molecule has 5 nitrogen and oxygen atoms in total. The third-order valence-electron chi connectivity index (χ3n) is 2.89. The molecule has 0 aliphatic heterocycles. The Morgan fingerprint density at radius 2 is 1.95 bits per heavy atom. The van der Waals surface area contributed by atoms with Crippen LogP contribution in [0.4, 0.5) is 20.2 Å². The summed E-state index contributed by atoms with van der Waals surface area (Å²) in [7, 11) is 0. The van der Waals surface area contributed by atoms with Crippen LogP contribution in [-0.4, -0.2) is 10.9 Å². The summed E-state index contributed by atoms with van der Waals surface area (Å²) in [5.41, 5.74) is -0.114. The van der Waals surface area contributed by atoms with Crippen LogP contribution < -0.4 is 5.32 Å². The Morgan fingerprint density at radius 3 is 2.50 bits per heavy atom. The SMILES string of the molecule is N=C(F)c1c(NCc2ccc(F)cc2)cc(Br)cc1[N+](=O)[O-]. The van der Waals surface area contributed by atoms with Gasteiger partial charge in [0.1, 0.15) is 11.4 Å². The van der Waals surface area contributed by atoms with E-state index in [0.29, 0.717) is 10.0 Å². The third kappa shape index (κ3) is 3.64. The molecule has 0 amide bonds. The van der Waals surface area contributed by atoms with Crippen molar-refractivity contribution in [1.29, 1.82) is 5.41 Å². The first-order valence-electron chi connectivity index (χ1n) is 6.09. The molecule has 0 bridgehead atoms. The number of nitro groups is 1. The summed E-state index contributed by atoms with van der Waals surface area (Å²) in [4.78, 5) is 10.2. The van der Waals surface area contributed by atoms with Gasteiger partial charge in [-0.2, -0.15) is 4.39 Å². The van der Waals surface area contributed by atoms with Crippen molar-refractivity contribution in [2.24, 2.45) is 0 Å². The van der Waals surface area contributed by atoms with Crippen LogP contribution in [0.2, 0.25) is 0 Å². The van der Waals surface area contributed by atoms with E-state index in [2.05, 4.69) is 21.2 Å². The average Bonchev–Trinajstić information content (AvgIpc) is 2.45. The van der Waals surface area contributed by atoms with Crippen molar-refractivity contribution < 1.29 is 13.7 Å². The van der Waals surface area contributed by atoms with Gasteiger partial charge in [-0.1, -0.05) is 28.1 Å². The Morgan fingerprint density at radius 1 is 1.32 bits per heavy atom. The fraction of sp³-hybridized carbons (Fsp3) is 0.0714. The molecule has 0 fully saturated rings. The molecular formula is C14H10BrF2N3O2. The molecule has 0 aliphatic rings. The third-order valence-corrected chi connectivity index (χ3v) is 3.35. The number of nitrogens with zero attached hydrogens (tertiary/aromatic N) is 1. The quantitative estimate of drug-likeness (QED) is 0.465. The van der Waals surface area contributed by atoms with Gasteiger partial charge in [0, 0.05) is 17.1 Å². The van der Waals surface area contributed by atoms with Crippen LogP contribution in [0.15, 0.2) is 40.9 Å². The van der Waals surface area contributed by atoms with Gasteiger partial charge in [0.05, 0.1) is 10.6 Å². The molecular weight excluding hydrogens is 360 g/mol. The van der Waals surface area contributed by atoms with Crippen LogP contribution in [0.1, 0.15) is 11.1 Å². The summed E-state index contributed by atoms with van der Waals surface area (Å²) in [6.07, 6.45) is 0. The molecule has 8 heteroatoms. The predicted octanol–water partition coefficient (Wildman–Crippen LogP) is 4.40. The van der Waals surface area contributed by atoms with Crippen LogP contribution in [-0.2, 0) is 6.54 Å². The largest absolute Gasteiger partial charge is 0.380 e. The first kappa shape index (κ1) is 16.0. The summed E-state index contributed by atoms with van der Waals surface area (Å²) in [5, 5.41) is 20.9. The van der Waals surface area contributed by atoms with E-state index in [0.717, 1.165) is 6.07 Å². The summed E-state index contributed by atoms with van der Waals surface area (Å²) < 4.78 is 26.6. The highest BCUT2D eigenvalue weighted by atomic mass is 79.9. The zero-order valence-corrected chi connectivity index (χ0v) is 12.7. The van der Waals surface area contributed by atoms with Crippen molar-refractivity contribution in [3.63, 3.8) is 0 Å². The lowest BCUT2D eigenvalue weighted by molar-refractivity contribution is -0.385. The van der Waals surface area contributed by atoms with Crippen LogP contribution in [0.3, 0.4) is 0 Å². The average molecular weight is 370 g/mol. The minimum atomic E-state index is -1.40. The highest BCUT2D eigenvalue weighted by Crippen LogP contribution is 2.32. The zero-order chi connectivity index (χ0) is 16.3. The number of nitro benzene ring substituents is 1. The molecule has 0 saturated carbocycles. The van der Waals surface area contributed by atoms with E-state index in [1.807, 2.05) is 0 Å². The molecule has 0 heterocycles.